The first-order valence-corrected chi connectivity index (χ1v) is 9.61. The fourth-order valence-corrected chi connectivity index (χ4v) is 3.66. The number of piperazine rings is 1. The Morgan fingerprint density at radius 2 is 1.97 bits per heavy atom. The summed E-state index contributed by atoms with van der Waals surface area (Å²) in [5.41, 5.74) is 3.50. The van der Waals surface area contributed by atoms with E-state index in [0.29, 0.717) is 25.3 Å². The minimum absolute atomic E-state index is 0.0624. The summed E-state index contributed by atoms with van der Waals surface area (Å²) < 4.78 is 13.3. The number of anilines is 1. The van der Waals surface area contributed by atoms with E-state index in [1.807, 2.05) is 36.2 Å². The quantitative estimate of drug-likeness (QED) is 0.732. The minimum atomic E-state index is -0.503. The van der Waals surface area contributed by atoms with Gasteiger partial charge in [-0.2, -0.15) is 5.26 Å². The van der Waals surface area contributed by atoms with Crippen molar-refractivity contribution < 1.29 is 4.39 Å². The maximum absolute atomic E-state index is 13.3. The molecule has 1 N–H and O–H groups in total. The standard InChI is InChI=1S/C21H21FN6O/c1-2-15-9-18-19(26-21(15)29)7-14(11-24-18)13-27-3-5-28(6-4-27)20-16(10-23)8-17(22)12-25-20/h7-9,11-12H,2-6,13H2,1H3,(H,26,29). The predicted octanol–water partition coefficient (Wildman–Crippen LogP) is 2.21. The van der Waals surface area contributed by atoms with Gasteiger partial charge in [-0.15, -0.1) is 0 Å². The van der Waals surface area contributed by atoms with Crippen molar-refractivity contribution in [1.29, 1.82) is 5.26 Å². The van der Waals surface area contributed by atoms with Crippen LogP contribution in [0, 0.1) is 17.1 Å². The Balaban J connectivity index is 1.45. The number of fused-ring (bicyclic) bond motifs is 1. The fraction of sp³-hybridized carbons (Fsp3) is 0.333. The number of nitrogens with one attached hydrogen (secondary N) is 1. The molecule has 0 radical (unpaired) electrons. The molecule has 1 saturated heterocycles. The van der Waals surface area contributed by atoms with Gasteiger partial charge in [0.15, 0.2) is 0 Å². The molecule has 8 heteroatoms. The lowest BCUT2D eigenvalue weighted by molar-refractivity contribution is 0.249. The van der Waals surface area contributed by atoms with Crippen molar-refractivity contribution in [2.75, 3.05) is 31.1 Å². The maximum atomic E-state index is 13.3. The Hall–Kier alpha value is -3.31. The Bertz CT molecular complexity index is 1140. The molecule has 3 aromatic rings. The third-order valence-electron chi connectivity index (χ3n) is 5.24. The van der Waals surface area contributed by atoms with E-state index in [1.54, 1.807) is 0 Å². The molecule has 1 fully saturated rings. The Kier molecular flexibility index (Phi) is 5.23. The molecule has 0 amide bonds. The van der Waals surface area contributed by atoms with Crippen molar-refractivity contribution >= 4 is 16.9 Å². The molecule has 1 aliphatic rings. The van der Waals surface area contributed by atoms with Gasteiger partial charge < -0.3 is 9.88 Å². The number of nitriles is 1. The van der Waals surface area contributed by atoms with E-state index in [2.05, 4.69) is 19.9 Å². The zero-order valence-corrected chi connectivity index (χ0v) is 16.2. The van der Waals surface area contributed by atoms with E-state index in [0.717, 1.165) is 48.0 Å². The molecule has 4 rings (SSSR count). The molecule has 29 heavy (non-hydrogen) atoms. The summed E-state index contributed by atoms with van der Waals surface area (Å²) in [6.45, 7) is 5.64. The fourth-order valence-electron chi connectivity index (χ4n) is 3.66. The molecule has 0 spiro atoms. The second-order valence-electron chi connectivity index (χ2n) is 7.15. The van der Waals surface area contributed by atoms with Gasteiger partial charge in [0.05, 0.1) is 22.8 Å². The van der Waals surface area contributed by atoms with Gasteiger partial charge in [0, 0.05) is 44.5 Å². The molecule has 0 aliphatic carbocycles. The van der Waals surface area contributed by atoms with Crippen LogP contribution < -0.4 is 10.5 Å². The van der Waals surface area contributed by atoms with E-state index >= 15 is 0 Å². The van der Waals surface area contributed by atoms with Gasteiger partial charge in [0.25, 0.3) is 5.56 Å². The van der Waals surface area contributed by atoms with E-state index in [-0.39, 0.29) is 11.1 Å². The van der Waals surface area contributed by atoms with Crippen molar-refractivity contribution in [3.8, 4) is 6.07 Å². The monoisotopic (exact) mass is 392 g/mol. The van der Waals surface area contributed by atoms with Crippen molar-refractivity contribution in [2.45, 2.75) is 19.9 Å². The average Bonchev–Trinajstić information content (AvgIpc) is 2.73. The Morgan fingerprint density at radius 3 is 2.69 bits per heavy atom. The predicted molar refractivity (Wildman–Crippen MR) is 108 cm³/mol. The van der Waals surface area contributed by atoms with Crippen molar-refractivity contribution in [3.05, 3.63) is 63.5 Å². The summed E-state index contributed by atoms with van der Waals surface area (Å²) in [6.07, 6.45) is 3.67. The van der Waals surface area contributed by atoms with Crippen molar-refractivity contribution in [3.63, 3.8) is 0 Å². The third-order valence-corrected chi connectivity index (χ3v) is 5.24. The molecular weight excluding hydrogens is 371 g/mol. The number of aromatic nitrogens is 3. The van der Waals surface area contributed by atoms with Crippen LogP contribution in [-0.4, -0.2) is 46.0 Å². The van der Waals surface area contributed by atoms with Crippen LogP contribution in [0.25, 0.3) is 11.0 Å². The topological polar surface area (TPSA) is 88.9 Å². The van der Waals surface area contributed by atoms with Crippen LogP contribution in [0.2, 0.25) is 0 Å². The Labute approximate surface area is 167 Å². The first-order chi connectivity index (χ1) is 14.1. The zero-order chi connectivity index (χ0) is 20.4. The zero-order valence-electron chi connectivity index (χ0n) is 16.2. The normalized spacial score (nSPS) is 14.9. The van der Waals surface area contributed by atoms with E-state index in [1.165, 1.54) is 6.07 Å². The first kappa shape index (κ1) is 19.0. The van der Waals surface area contributed by atoms with Crippen LogP contribution >= 0.6 is 0 Å². The summed E-state index contributed by atoms with van der Waals surface area (Å²) in [7, 11) is 0. The van der Waals surface area contributed by atoms with Gasteiger partial charge in [-0.05, 0) is 30.2 Å². The molecule has 0 aromatic carbocycles. The number of aromatic amines is 1. The summed E-state index contributed by atoms with van der Waals surface area (Å²) in [4.78, 5) is 27.9. The lowest BCUT2D eigenvalue weighted by Crippen LogP contribution is -2.46. The molecule has 7 nitrogen and oxygen atoms in total. The molecule has 0 bridgehead atoms. The van der Waals surface area contributed by atoms with Gasteiger partial charge in [0.2, 0.25) is 0 Å². The Morgan fingerprint density at radius 1 is 1.17 bits per heavy atom. The largest absolute Gasteiger partial charge is 0.353 e. The summed E-state index contributed by atoms with van der Waals surface area (Å²) in [5, 5.41) is 9.23. The van der Waals surface area contributed by atoms with Crippen LogP contribution in [0.4, 0.5) is 10.2 Å². The van der Waals surface area contributed by atoms with Gasteiger partial charge in [-0.3, -0.25) is 14.7 Å². The van der Waals surface area contributed by atoms with Crippen molar-refractivity contribution in [1.82, 2.24) is 19.9 Å². The van der Waals surface area contributed by atoms with Crippen LogP contribution in [-0.2, 0) is 13.0 Å². The molecule has 0 atom stereocenters. The van der Waals surface area contributed by atoms with Gasteiger partial charge in [-0.25, -0.2) is 9.37 Å². The highest BCUT2D eigenvalue weighted by Crippen LogP contribution is 2.20. The highest BCUT2D eigenvalue weighted by atomic mass is 19.1. The minimum Gasteiger partial charge on any atom is -0.353 e. The number of rotatable bonds is 4. The van der Waals surface area contributed by atoms with Crippen LogP contribution in [0.15, 0.2) is 35.4 Å². The molecule has 4 heterocycles. The molecule has 148 valence electrons. The van der Waals surface area contributed by atoms with Crippen LogP contribution in [0.5, 0.6) is 0 Å². The molecular formula is C21H21FN6O. The lowest BCUT2D eigenvalue weighted by atomic mass is 10.1. The number of nitrogens with zero attached hydrogens (tertiary/aromatic N) is 5. The SMILES string of the molecule is CCc1cc2ncc(CN3CCN(c4ncc(F)cc4C#N)CC3)cc2[nH]c1=O. The van der Waals surface area contributed by atoms with E-state index < -0.39 is 5.82 Å². The molecule has 1 aliphatic heterocycles. The summed E-state index contributed by atoms with van der Waals surface area (Å²) in [5.74, 6) is 0.0297. The number of pyridine rings is 3. The number of hydrogen-bond donors (Lipinski definition) is 1. The lowest BCUT2D eigenvalue weighted by Gasteiger charge is -2.35. The van der Waals surface area contributed by atoms with Crippen LogP contribution in [0.3, 0.4) is 0 Å². The van der Waals surface area contributed by atoms with E-state index in [9.17, 15) is 14.4 Å². The molecule has 3 aromatic heterocycles. The number of halogens is 1. The number of H-pyrrole nitrogens is 1. The molecule has 0 unspecified atom stereocenters. The highest BCUT2D eigenvalue weighted by molar-refractivity contribution is 5.74. The summed E-state index contributed by atoms with van der Waals surface area (Å²) >= 11 is 0. The van der Waals surface area contributed by atoms with Gasteiger partial charge in [-0.1, -0.05) is 6.92 Å². The van der Waals surface area contributed by atoms with Gasteiger partial charge in [0.1, 0.15) is 17.7 Å². The second-order valence-corrected chi connectivity index (χ2v) is 7.15. The first-order valence-electron chi connectivity index (χ1n) is 9.61. The highest BCUT2D eigenvalue weighted by Gasteiger charge is 2.21. The smallest absolute Gasteiger partial charge is 0.251 e. The second kappa shape index (κ2) is 7.97. The number of aryl methyl sites for hydroxylation is 1. The van der Waals surface area contributed by atoms with Gasteiger partial charge >= 0.3 is 0 Å². The van der Waals surface area contributed by atoms with Crippen LogP contribution in [0.1, 0.15) is 23.6 Å². The average molecular weight is 392 g/mol. The van der Waals surface area contributed by atoms with Crippen molar-refractivity contribution in [2.24, 2.45) is 0 Å². The molecule has 0 saturated carbocycles. The summed E-state index contributed by atoms with van der Waals surface area (Å²) in [6, 6.07) is 7.07. The maximum Gasteiger partial charge on any atom is 0.251 e. The number of hydrogen-bond acceptors (Lipinski definition) is 6. The third kappa shape index (κ3) is 3.96. The van der Waals surface area contributed by atoms with E-state index in [4.69, 9.17) is 0 Å².